The number of non-ortho nitro benzene ring substituents is 1. The van der Waals surface area contributed by atoms with Crippen LogP contribution in [0.5, 0.6) is 0 Å². The fraction of sp³-hybridized carbons (Fsp3) is 0.333. The lowest BCUT2D eigenvalue weighted by Crippen LogP contribution is -2.36. The maximum Gasteiger partial charge on any atom is 0.269 e. The Morgan fingerprint density at radius 2 is 1.83 bits per heavy atom. The molecule has 0 saturated heterocycles. The van der Waals surface area contributed by atoms with Crippen LogP contribution in [0.25, 0.3) is 6.08 Å². The average molecular weight is 429 g/mol. The van der Waals surface area contributed by atoms with Gasteiger partial charge in [0.15, 0.2) is 0 Å². The minimum atomic E-state index is -0.471. The molecule has 0 aliphatic heterocycles. The van der Waals surface area contributed by atoms with Crippen LogP contribution in [0, 0.1) is 10.1 Å². The third kappa shape index (κ3) is 5.31. The number of benzene rings is 1. The Balaban J connectivity index is 1.80. The highest BCUT2D eigenvalue weighted by atomic mass is 32.1. The van der Waals surface area contributed by atoms with E-state index in [0.29, 0.717) is 16.1 Å². The van der Waals surface area contributed by atoms with Gasteiger partial charge in [-0.15, -0.1) is 11.3 Å². The summed E-state index contributed by atoms with van der Waals surface area (Å²) < 4.78 is 0. The fourth-order valence-electron chi connectivity index (χ4n) is 3.36. The van der Waals surface area contributed by atoms with E-state index in [0.717, 1.165) is 42.5 Å². The van der Waals surface area contributed by atoms with E-state index in [-0.39, 0.29) is 17.5 Å². The topological polar surface area (TPSA) is 105 Å². The van der Waals surface area contributed by atoms with Gasteiger partial charge in [-0.3, -0.25) is 25.1 Å². The number of nitro groups is 1. The highest BCUT2D eigenvalue weighted by Crippen LogP contribution is 2.37. The third-order valence-corrected chi connectivity index (χ3v) is 5.95. The molecule has 0 saturated carbocycles. The summed E-state index contributed by atoms with van der Waals surface area (Å²) in [6, 6.07) is 5.92. The van der Waals surface area contributed by atoms with E-state index in [1.54, 1.807) is 37.3 Å². The van der Waals surface area contributed by atoms with Crippen molar-refractivity contribution in [1.29, 1.82) is 0 Å². The number of nitro benzene ring substituents is 1. The molecule has 0 radical (unpaired) electrons. The number of anilines is 1. The van der Waals surface area contributed by atoms with Gasteiger partial charge in [0.05, 0.1) is 10.5 Å². The van der Waals surface area contributed by atoms with Gasteiger partial charge in [-0.25, -0.2) is 5.01 Å². The molecule has 2 N–H and O–H groups in total. The first kappa shape index (κ1) is 21.7. The SMILES string of the molecule is CN(C)NC(=O)c1c(NC(=O)/C=C\c2ccc([N+](=O)[O-])cc2)sc2c1CCCCC2. The number of rotatable bonds is 6. The summed E-state index contributed by atoms with van der Waals surface area (Å²) in [4.78, 5) is 36.7. The zero-order valence-electron chi connectivity index (χ0n) is 16.9. The number of nitrogens with one attached hydrogen (secondary N) is 2. The second kappa shape index (κ2) is 9.64. The van der Waals surface area contributed by atoms with Crippen molar-refractivity contribution in [2.45, 2.75) is 32.1 Å². The minimum absolute atomic E-state index is 0.00627. The number of hydrogen-bond donors (Lipinski definition) is 2. The highest BCUT2D eigenvalue weighted by Gasteiger charge is 2.25. The Hall–Kier alpha value is -3.04. The highest BCUT2D eigenvalue weighted by molar-refractivity contribution is 7.17. The van der Waals surface area contributed by atoms with E-state index in [1.165, 1.54) is 29.5 Å². The zero-order valence-corrected chi connectivity index (χ0v) is 17.8. The third-order valence-electron chi connectivity index (χ3n) is 4.74. The molecule has 1 heterocycles. The van der Waals surface area contributed by atoms with Gasteiger partial charge in [-0.1, -0.05) is 6.42 Å². The molecule has 2 amide bonds. The second-order valence-corrected chi connectivity index (χ2v) is 8.38. The van der Waals surface area contributed by atoms with Crippen LogP contribution in [-0.4, -0.2) is 35.8 Å². The van der Waals surface area contributed by atoms with Gasteiger partial charge in [-0.05, 0) is 55.0 Å². The molecule has 158 valence electrons. The number of hydrogen-bond acceptors (Lipinski definition) is 6. The van der Waals surface area contributed by atoms with E-state index in [2.05, 4.69) is 10.7 Å². The minimum Gasteiger partial charge on any atom is -0.313 e. The maximum atomic E-state index is 12.8. The van der Waals surface area contributed by atoms with Crippen molar-refractivity contribution in [3.05, 3.63) is 62.0 Å². The molecule has 9 heteroatoms. The molecule has 1 aliphatic rings. The number of amides is 2. The molecule has 0 unspecified atom stereocenters. The molecule has 0 fully saturated rings. The van der Waals surface area contributed by atoms with E-state index < -0.39 is 4.92 Å². The van der Waals surface area contributed by atoms with Crippen molar-refractivity contribution in [3.8, 4) is 0 Å². The largest absolute Gasteiger partial charge is 0.313 e. The molecule has 0 bridgehead atoms. The van der Waals surface area contributed by atoms with Gasteiger partial charge < -0.3 is 5.32 Å². The first-order chi connectivity index (χ1) is 14.3. The smallest absolute Gasteiger partial charge is 0.269 e. The summed E-state index contributed by atoms with van der Waals surface area (Å²) in [5.41, 5.74) is 5.02. The molecule has 1 aliphatic carbocycles. The zero-order chi connectivity index (χ0) is 21.7. The van der Waals surface area contributed by atoms with Crippen LogP contribution in [0.1, 0.15) is 45.6 Å². The molecule has 0 atom stereocenters. The molecular formula is C21H24N4O4S. The molecule has 8 nitrogen and oxygen atoms in total. The van der Waals surface area contributed by atoms with Gasteiger partial charge in [-0.2, -0.15) is 0 Å². The van der Waals surface area contributed by atoms with Crippen molar-refractivity contribution in [2.75, 3.05) is 19.4 Å². The molecule has 30 heavy (non-hydrogen) atoms. The number of carbonyl (C=O) groups excluding carboxylic acids is 2. The van der Waals surface area contributed by atoms with E-state index in [1.807, 2.05) is 0 Å². The Bertz CT molecular complexity index is 980. The van der Waals surface area contributed by atoms with Crippen LogP contribution >= 0.6 is 11.3 Å². The van der Waals surface area contributed by atoms with E-state index in [9.17, 15) is 19.7 Å². The molecule has 3 rings (SSSR count). The summed E-state index contributed by atoms with van der Waals surface area (Å²) >= 11 is 1.47. The number of carbonyl (C=O) groups is 2. The van der Waals surface area contributed by atoms with Crippen molar-refractivity contribution >= 4 is 39.9 Å². The number of nitrogens with zero attached hydrogens (tertiary/aromatic N) is 2. The number of thiophene rings is 1. The van der Waals surface area contributed by atoms with Crippen molar-refractivity contribution in [3.63, 3.8) is 0 Å². The lowest BCUT2D eigenvalue weighted by Gasteiger charge is -2.14. The van der Waals surface area contributed by atoms with Gasteiger partial charge in [0, 0.05) is 37.2 Å². The molecule has 0 spiro atoms. The van der Waals surface area contributed by atoms with E-state index >= 15 is 0 Å². The number of aryl methyl sites for hydroxylation is 1. The maximum absolute atomic E-state index is 12.8. The van der Waals surface area contributed by atoms with Crippen LogP contribution < -0.4 is 10.7 Å². The average Bonchev–Trinajstić information content (AvgIpc) is 2.86. The van der Waals surface area contributed by atoms with Crippen molar-refractivity contribution < 1.29 is 14.5 Å². The summed E-state index contributed by atoms with van der Waals surface area (Å²) in [7, 11) is 3.49. The van der Waals surface area contributed by atoms with Gasteiger partial charge in [0.2, 0.25) is 5.91 Å². The first-order valence-corrected chi connectivity index (χ1v) is 10.5. The van der Waals surface area contributed by atoms with Crippen LogP contribution in [0.4, 0.5) is 10.7 Å². The second-order valence-electron chi connectivity index (χ2n) is 7.28. The Morgan fingerprint density at radius 1 is 1.13 bits per heavy atom. The molecule has 1 aromatic heterocycles. The summed E-state index contributed by atoms with van der Waals surface area (Å²) in [5, 5.41) is 15.7. The summed E-state index contributed by atoms with van der Waals surface area (Å²) in [6.07, 6.45) is 7.93. The van der Waals surface area contributed by atoms with Crippen molar-refractivity contribution in [2.24, 2.45) is 0 Å². The quantitative estimate of drug-likeness (QED) is 0.315. The molecular weight excluding hydrogens is 404 g/mol. The summed E-state index contributed by atoms with van der Waals surface area (Å²) in [6.45, 7) is 0. The van der Waals surface area contributed by atoms with Gasteiger partial charge >= 0.3 is 0 Å². The monoisotopic (exact) mass is 428 g/mol. The lowest BCUT2D eigenvalue weighted by atomic mass is 10.1. The Labute approximate surface area is 178 Å². The number of fused-ring (bicyclic) bond motifs is 1. The molecule has 1 aromatic carbocycles. The lowest BCUT2D eigenvalue weighted by molar-refractivity contribution is -0.384. The Kier molecular flexibility index (Phi) is 6.96. The van der Waals surface area contributed by atoms with Crippen LogP contribution in [-0.2, 0) is 17.6 Å². The van der Waals surface area contributed by atoms with Gasteiger partial charge in [0.1, 0.15) is 5.00 Å². The van der Waals surface area contributed by atoms with Crippen LogP contribution in [0.2, 0.25) is 0 Å². The van der Waals surface area contributed by atoms with Crippen LogP contribution in [0.15, 0.2) is 30.3 Å². The normalized spacial score (nSPS) is 13.7. The summed E-state index contributed by atoms with van der Waals surface area (Å²) in [5.74, 6) is -0.585. The predicted octanol–water partition coefficient (Wildman–Crippen LogP) is 3.78. The number of hydrazine groups is 1. The van der Waals surface area contributed by atoms with Crippen molar-refractivity contribution in [1.82, 2.24) is 10.4 Å². The predicted molar refractivity (Wildman–Crippen MR) is 117 cm³/mol. The standard InChI is InChI=1S/C21H24N4O4S/c1-24(2)23-20(27)19-16-6-4-3-5-7-17(16)30-21(19)22-18(26)13-10-14-8-11-15(12-9-14)25(28)29/h8-13H,3-7H2,1-2H3,(H,22,26)(H,23,27)/b13-10-. The Morgan fingerprint density at radius 3 is 2.50 bits per heavy atom. The van der Waals surface area contributed by atoms with Gasteiger partial charge in [0.25, 0.3) is 11.6 Å². The first-order valence-electron chi connectivity index (χ1n) is 9.71. The fourth-order valence-corrected chi connectivity index (χ4v) is 4.65. The van der Waals surface area contributed by atoms with E-state index in [4.69, 9.17) is 0 Å². The van der Waals surface area contributed by atoms with Crippen LogP contribution in [0.3, 0.4) is 0 Å². The molecule has 2 aromatic rings.